The quantitative estimate of drug-likeness (QED) is 0.693. The van der Waals surface area contributed by atoms with E-state index in [2.05, 4.69) is 10.6 Å². The Bertz CT molecular complexity index is 808. The zero-order valence-electron chi connectivity index (χ0n) is 16.1. The number of nitrogens with one attached hydrogen (secondary N) is 2. The molecule has 0 aliphatic heterocycles. The molecular formula is C21H26N2O4. The van der Waals surface area contributed by atoms with Gasteiger partial charge in [-0.1, -0.05) is 18.2 Å². The third kappa shape index (κ3) is 6.66. The van der Waals surface area contributed by atoms with Gasteiger partial charge in [-0.25, -0.2) is 4.79 Å². The number of carbonyl (C=O) groups excluding carboxylic acids is 1. The number of carboxylic acids is 1. The van der Waals surface area contributed by atoms with Crippen LogP contribution in [0, 0.1) is 6.92 Å². The molecule has 27 heavy (non-hydrogen) atoms. The number of benzene rings is 2. The minimum absolute atomic E-state index is 0.0317. The van der Waals surface area contributed by atoms with Crippen molar-refractivity contribution in [2.75, 3.05) is 11.9 Å². The van der Waals surface area contributed by atoms with Gasteiger partial charge >= 0.3 is 5.97 Å². The van der Waals surface area contributed by atoms with Gasteiger partial charge in [-0.05, 0) is 63.1 Å². The number of aryl methyl sites for hydroxylation is 1. The van der Waals surface area contributed by atoms with E-state index in [1.807, 2.05) is 52.0 Å². The van der Waals surface area contributed by atoms with Gasteiger partial charge in [-0.3, -0.25) is 4.79 Å². The fourth-order valence-electron chi connectivity index (χ4n) is 2.45. The minimum atomic E-state index is -0.949. The first-order valence-electron chi connectivity index (χ1n) is 8.74. The van der Waals surface area contributed by atoms with Crippen molar-refractivity contribution >= 4 is 17.6 Å². The van der Waals surface area contributed by atoms with Gasteiger partial charge in [0.05, 0.1) is 5.56 Å². The van der Waals surface area contributed by atoms with E-state index in [0.29, 0.717) is 12.3 Å². The molecule has 0 saturated carbocycles. The van der Waals surface area contributed by atoms with Crippen LogP contribution in [-0.4, -0.2) is 29.1 Å². The predicted octanol–water partition coefficient (Wildman–Crippen LogP) is 3.60. The maximum Gasteiger partial charge on any atom is 0.335 e. The van der Waals surface area contributed by atoms with E-state index < -0.39 is 5.97 Å². The minimum Gasteiger partial charge on any atom is -0.484 e. The molecule has 6 nitrogen and oxygen atoms in total. The van der Waals surface area contributed by atoms with Crippen molar-refractivity contribution in [1.29, 1.82) is 0 Å². The van der Waals surface area contributed by atoms with E-state index in [1.165, 1.54) is 0 Å². The molecule has 0 fully saturated rings. The highest BCUT2D eigenvalue weighted by molar-refractivity contribution is 5.89. The number of rotatable bonds is 7. The van der Waals surface area contributed by atoms with Gasteiger partial charge in [-0.15, -0.1) is 0 Å². The summed E-state index contributed by atoms with van der Waals surface area (Å²) in [7, 11) is 0. The van der Waals surface area contributed by atoms with E-state index in [9.17, 15) is 9.59 Å². The molecule has 2 aromatic rings. The van der Waals surface area contributed by atoms with Gasteiger partial charge in [0.2, 0.25) is 0 Å². The summed E-state index contributed by atoms with van der Waals surface area (Å²) < 4.78 is 5.49. The number of carbonyl (C=O) groups is 2. The highest BCUT2D eigenvalue weighted by Crippen LogP contribution is 2.19. The van der Waals surface area contributed by atoms with Crippen LogP contribution >= 0.6 is 0 Å². The molecule has 0 radical (unpaired) electrons. The monoisotopic (exact) mass is 370 g/mol. The molecule has 144 valence electrons. The molecule has 0 aromatic heterocycles. The first-order valence-corrected chi connectivity index (χ1v) is 8.74. The molecule has 0 atom stereocenters. The first kappa shape index (κ1) is 20.3. The van der Waals surface area contributed by atoms with Gasteiger partial charge in [0.1, 0.15) is 5.75 Å². The van der Waals surface area contributed by atoms with Crippen LogP contribution in [0.4, 0.5) is 5.69 Å². The van der Waals surface area contributed by atoms with Gasteiger partial charge in [0.25, 0.3) is 5.91 Å². The maximum absolute atomic E-state index is 11.8. The number of hydrogen-bond acceptors (Lipinski definition) is 4. The molecule has 0 saturated heterocycles. The highest BCUT2D eigenvalue weighted by Gasteiger charge is 2.13. The summed E-state index contributed by atoms with van der Waals surface area (Å²) >= 11 is 0. The standard InChI is InChI=1S/C21H26N2O4/c1-14-5-8-16(20(25)26)11-18(14)22-12-15-6-9-17(10-7-15)27-13-19(24)23-21(2,3)4/h5-11,22H,12-13H2,1-4H3,(H,23,24)(H,25,26). The lowest BCUT2D eigenvalue weighted by Crippen LogP contribution is -2.43. The molecule has 2 rings (SSSR count). The Labute approximate surface area is 159 Å². The maximum atomic E-state index is 11.8. The lowest BCUT2D eigenvalue weighted by molar-refractivity contribution is -0.124. The number of carboxylic acid groups (broad SMARTS) is 1. The summed E-state index contributed by atoms with van der Waals surface area (Å²) in [6, 6.07) is 12.4. The fraction of sp³-hybridized carbons (Fsp3) is 0.333. The first-order chi connectivity index (χ1) is 12.6. The average molecular weight is 370 g/mol. The van der Waals surface area contributed by atoms with Crippen LogP contribution in [-0.2, 0) is 11.3 Å². The summed E-state index contributed by atoms with van der Waals surface area (Å²) in [5.74, 6) is -0.496. The fourth-order valence-corrected chi connectivity index (χ4v) is 2.45. The Kier molecular flexibility index (Phi) is 6.45. The Balaban J connectivity index is 1.90. The molecule has 2 aromatic carbocycles. The van der Waals surface area contributed by atoms with Crippen molar-refractivity contribution in [2.24, 2.45) is 0 Å². The molecule has 0 unspecified atom stereocenters. The van der Waals surface area contributed by atoms with Crippen molar-refractivity contribution in [1.82, 2.24) is 5.32 Å². The Hall–Kier alpha value is -3.02. The van der Waals surface area contributed by atoms with E-state index in [1.54, 1.807) is 18.2 Å². The van der Waals surface area contributed by atoms with Crippen molar-refractivity contribution in [3.8, 4) is 5.75 Å². The predicted molar refractivity (Wildman–Crippen MR) is 105 cm³/mol. The number of amides is 1. The van der Waals surface area contributed by atoms with Crippen molar-refractivity contribution in [2.45, 2.75) is 39.8 Å². The van der Waals surface area contributed by atoms with Crippen molar-refractivity contribution < 1.29 is 19.4 Å². The molecular weight excluding hydrogens is 344 g/mol. The number of ether oxygens (including phenoxy) is 1. The van der Waals surface area contributed by atoms with E-state index >= 15 is 0 Å². The van der Waals surface area contributed by atoms with Gasteiger partial charge in [-0.2, -0.15) is 0 Å². The van der Waals surface area contributed by atoms with Crippen LogP contribution in [0.2, 0.25) is 0 Å². The third-order valence-electron chi connectivity index (χ3n) is 3.78. The lowest BCUT2D eigenvalue weighted by atomic mass is 10.1. The van der Waals surface area contributed by atoms with Crippen molar-refractivity contribution in [3.05, 3.63) is 59.2 Å². The number of hydrogen-bond donors (Lipinski definition) is 3. The summed E-state index contributed by atoms with van der Waals surface area (Å²) in [5.41, 5.74) is 2.74. The van der Waals surface area contributed by atoms with Crippen LogP contribution in [0.1, 0.15) is 42.3 Å². The Morgan fingerprint density at radius 2 is 1.74 bits per heavy atom. The topological polar surface area (TPSA) is 87.7 Å². The molecule has 3 N–H and O–H groups in total. The second-order valence-electron chi connectivity index (χ2n) is 7.42. The van der Waals surface area contributed by atoms with Crippen LogP contribution in [0.5, 0.6) is 5.75 Å². The molecule has 0 aliphatic carbocycles. The van der Waals surface area contributed by atoms with E-state index in [0.717, 1.165) is 16.8 Å². The Morgan fingerprint density at radius 3 is 2.33 bits per heavy atom. The number of anilines is 1. The Morgan fingerprint density at radius 1 is 1.07 bits per heavy atom. The molecule has 0 heterocycles. The highest BCUT2D eigenvalue weighted by atomic mass is 16.5. The zero-order chi connectivity index (χ0) is 20.0. The van der Waals surface area contributed by atoms with Crippen LogP contribution in [0.15, 0.2) is 42.5 Å². The van der Waals surface area contributed by atoms with Crippen LogP contribution < -0.4 is 15.4 Å². The molecule has 0 aliphatic rings. The van der Waals surface area contributed by atoms with Crippen molar-refractivity contribution in [3.63, 3.8) is 0 Å². The summed E-state index contributed by atoms with van der Waals surface area (Å²) in [4.78, 5) is 22.9. The van der Waals surface area contributed by atoms with Crippen LogP contribution in [0.25, 0.3) is 0 Å². The molecule has 0 spiro atoms. The molecule has 1 amide bonds. The number of aromatic carboxylic acids is 1. The summed E-state index contributed by atoms with van der Waals surface area (Å²) in [5, 5.41) is 15.2. The third-order valence-corrected chi connectivity index (χ3v) is 3.78. The second kappa shape index (κ2) is 8.58. The molecule has 6 heteroatoms. The molecule has 0 bridgehead atoms. The normalized spacial score (nSPS) is 11.0. The van der Waals surface area contributed by atoms with E-state index in [4.69, 9.17) is 9.84 Å². The summed E-state index contributed by atoms with van der Waals surface area (Å²) in [6.45, 7) is 8.19. The summed E-state index contributed by atoms with van der Waals surface area (Å²) in [6.07, 6.45) is 0. The van der Waals surface area contributed by atoms with E-state index in [-0.39, 0.29) is 23.6 Å². The SMILES string of the molecule is Cc1ccc(C(=O)O)cc1NCc1ccc(OCC(=O)NC(C)(C)C)cc1. The second-order valence-corrected chi connectivity index (χ2v) is 7.42. The van der Waals surface area contributed by atoms with Gasteiger partial charge < -0.3 is 20.5 Å². The largest absolute Gasteiger partial charge is 0.484 e. The smallest absolute Gasteiger partial charge is 0.335 e. The van der Waals surface area contributed by atoms with Crippen LogP contribution in [0.3, 0.4) is 0 Å². The zero-order valence-corrected chi connectivity index (χ0v) is 16.1. The van der Waals surface area contributed by atoms with Gasteiger partial charge in [0, 0.05) is 17.8 Å². The van der Waals surface area contributed by atoms with Gasteiger partial charge in [0.15, 0.2) is 6.61 Å². The average Bonchev–Trinajstić information content (AvgIpc) is 2.58. The lowest BCUT2D eigenvalue weighted by Gasteiger charge is -2.20.